The number of carbonyl (C=O) groups is 1. The van der Waals surface area contributed by atoms with Crippen LogP contribution in [0.2, 0.25) is 0 Å². The molecule has 5 nitrogen and oxygen atoms in total. The molecule has 1 amide bonds. The van der Waals surface area contributed by atoms with Gasteiger partial charge in [-0.2, -0.15) is 5.26 Å². The Hall–Kier alpha value is -1.80. The van der Waals surface area contributed by atoms with Crippen molar-refractivity contribution in [1.29, 1.82) is 5.26 Å². The Morgan fingerprint density at radius 2 is 2.40 bits per heavy atom. The Morgan fingerprint density at radius 1 is 1.60 bits per heavy atom. The van der Waals surface area contributed by atoms with E-state index in [9.17, 15) is 4.79 Å². The second-order valence-electron chi connectivity index (χ2n) is 2.98. The van der Waals surface area contributed by atoms with Crippen LogP contribution in [0.3, 0.4) is 0 Å². The molecule has 1 heterocycles. The molecule has 15 heavy (non-hydrogen) atoms. The van der Waals surface area contributed by atoms with Crippen molar-refractivity contribution in [3.05, 3.63) is 23.7 Å². The molecule has 0 saturated heterocycles. The Bertz CT molecular complexity index is 365. The minimum Gasteiger partial charge on any atom is -0.449 e. The maximum Gasteiger partial charge on any atom is 0.221 e. The van der Waals surface area contributed by atoms with E-state index in [1.165, 1.54) is 0 Å². The zero-order chi connectivity index (χ0) is 11.1. The Morgan fingerprint density at radius 3 is 3.00 bits per heavy atom. The van der Waals surface area contributed by atoms with Crippen molar-refractivity contribution in [3.63, 3.8) is 0 Å². The van der Waals surface area contributed by atoms with Crippen molar-refractivity contribution in [1.82, 2.24) is 10.6 Å². The number of nitrogens with zero attached hydrogens (tertiary/aromatic N) is 1. The van der Waals surface area contributed by atoms with Gasteiger partial charge in [-0.3, -0.25) is 4.79 Å². The first-order chi connectivity index (χ1) is 7.26. The molecule has 0 atom stereocenters. The zero-order valence-corrected chi connectivity index (χ0v) is 8.54. The molecule has 0 aliphatic heterocycles. The van der Waals surface area contributed by atoms with Crippen LogP contribution < -0.4 is 10.6 Å². The van der Waals surface area contributed by atoms with Gasteiger partial charge in [-0.05, 0) is 12.1 Å². The first-order valence-electron chi connectivity index (χ1n) is 4.66. The maximum absolute atomic E-state index is 10.9. The van der Waals surface area contributed by atoms with Gasteiger partial charge in [0.15, 0.2) is 0 Å². The predicted molar refractivity (Wildman–Crippen MR) is 53.8 cm³/mol. The van der Waals surface area contributed by atoms with Crippen LogP contribution in [0.25, 0.3) is 0 Å². The molecule has 1 aromatic heterocycles. The minimum atomic E-state index is -0.000316. The molecule has 5 heteroatoms. The van der Waals surface area contributed by atoms with Crippen molar-refractivity contribution in [2.24, 2.45) is 0 Å². The SMILES string of the molecule is CNC(=O)CCNCc1ccc(C#N)o1. The van der Waals surface area contributed by atoms with Crippen molar-refractivity contribution < 1.29 is 9.21 Å². The summed E-state index contributed by atoms with van der Waals surface area (Å²) in [6.07, 6.45) is 0.433. The van der Waals surface area contributed by atoms with Crippen LogP contribution in [0.5, 0.6) is 0 Å². The fraction of sp³-hybridized carbons (Fsp3) is 0.400. The first-order valence-corrected chi connectivity index (χ1v) is 4.66. The lowest BCUT2D eigenvalue weighted by atomic mass is 10.4. The summed E-state index contributed by atoms with van der Waals surface area (Å²) >= 11 is 0. The lowest BCUT2D eigenvalue weighted by molar-refractivity contribution is -0.120. The molecular weight excluding hydrogens is 194 g/mol. The van der Waals surface area contributed by atoms with E-state index >= 15 is 0 Å². The highest BCUT2D eigenvalue weighted by molar-refractivity contribution is 5.75. The number of rotatable bonds is 5. The topological polar surface area (TPSA) is 78.1 Å². The maximum atomic E-state index is 10.9. The van der Waals surface area contributed by atoms with Gasteiger partial charge in [0.1, 0.15) is 11.8 Å². The number of hydrogen-bond acceptors (Lipinski definition) is 4. The number of nitriles is 1. The van der Waals surface area contributed by atoms with Crippen molar-refractivity contribution in [3.8, 4) is 6.07 Å². The molecule has 0 aromatic carbocycles. The standard InChI is InChI=1S/C10H13N3O2/c1-12-10(14)4-5-13-7-9-3-2-8(6-11)15-9/h2-3,13H,4-5,7H2,1H3,(H,12,14). The summed E-state index contributed by atoms with van der Waals surface area (Å²) in [6, 6.07) is 5.27. The van der Waals surface area contributed by atoms with Gasteiger partial charge in [0.2, 0.25) is 11.7 Å². The summed E-state index contributed by atoms with van der Waals surface area (Å²) in [5, 5.41) is 14.1. The van der Waals surface area contributed by atoms with Crippen LogP contribution in [-0.2, 0) is 11.3 Å². The molecule has 2 N–H and O–H groups in total. The lowest BCUT2D eigenvalue weighted by Crippen LogP contribution is -2.24. The molecule has 0 saturated carbocycles. The molecule has 0 bridgehead atoms. The third kappa shape index (κ3) is 3.83. The Labute approximate surface area is 88.1 Å². The van der Waals surface area contributed by atoms with Gasteiger partial charge in [0.25, 0.3) is 0 Å². The van der Waals surface area contributed by atoms with E-state index in [-0.39, 0.29) is 5.91 Å². The lowest BCUT2D eigenvalue weighted by Gasteiger charge is -2.01. The number of carbonyl (C=O) groups excluding carboxylic acids is 1. The number of nitrogens with one attached hydrogen (secondary N) is 2. The summed E-state index contributed by atoms with van der Waals surface area (Å²) in [5.74, 6) is 1.00. The van der Waals surface area contributed by atoms with Gasteiger partial charge >= 0.3 is 0 Å². The van der Waals surface area contributed by atoms with Crippen molar-refractivity contribution in [2.75, 3.05) is 13.6 Å². The Balaban J connectivity index is 2.21. The smallest absolute Gasteiger partial charge is 0.221 e. The van der Waals surface area contributed by atoms with Crippen molar-refractivity contribution in [2.45, 2.75) is 13.0 Å². The van der Waals surface area contributed by atoms with Crippen LogP contribution in [0.1, 0.15) is 17.9 Å². The molecule has 1 rings (SSSR count). The quantitative estimate of drug-likeness (QED) is 0.684. The summed E-state index contributed by atoms with van der Waals surface area (Å²) in [6.45, 7) is 1.11. The molecule has 80 valence electrons. The van der Waals surface area contributed by atoms with E-state index in [1.807, 2.05) is 6.07 Å². The van der Waals surface area contributed by atoms with Gasteiger partial charge in [-0.25, -0.2) is 0 Å². The summed E-state index contributed by atoms with van der Waals surface area (Å²) in [7, 11) is 1.61. The average Bonchev–Trinajstić information content (AvgIpc) is 2.72. The normalized spacial score (nSPS) is 9.60. The average molecular weight is 207 g/mol. The molecule has 0 aliphatic rings. The van der Waals surface area contributed by atoms with Crippen molar-refractivity contribution >= 4 is 5.91 Å². The third-order valence-corrected chi connectivity index (χ3v) is 1.88. The molecule has 1 aromatic rings. The van der Waals surface area contributed by atoms with Gasteiger partial charge in [0.05, 0.1) is 6.54 Å². The van der Waals surface area contributed by atoms with E-state index in [2.05, 4.69) is 10.6 Å². The molecule has 0 radical (unpaired) electrons. The van der Waals surface area contributed by atoms with Gasteiger partial charge in [-0.1, -0.05) is 0 Å². The largest absolute Gasteiger partial charge is 0.449 e. The summed E-state index contributed by atoms with van der Waals surface area (Å²) < 4.78 is 5.14. The van der Waals surface area contributed by atoms with Gasteiger partial charge < -0.3 is 15.1 Å². The van der Waals surface area contributed by atoms with E-state index in [0.717, 1.165) is 0 Å². The van der Waals surface area contributed by atoms with Crippen LogP contribution in [0.15, 0.2) is 16.5 Å². The van der Waals surface area contributed by atoms with Crippen LogP contribution in [-0.4, -0.2) is 19.5 Å². The fourth-order valence-electron chi connectivity index (χ4n) is 1.07. The minimum absolute atomic E-state index is 0.000316. The second kappa shape index (κ2) is 5.83. The summed E-state index contributed by atoms with van der Waals surface area (Å²) in [4.78, 5) is 10.9. The fourth-order valence-corrected chi connectivity index (χ4v) is 1.07. The third-order valence-electron chi connectivity index (χ3n) is 1.88. The van der Waals surface area contributed by atoms with E-state index in [4.69, 9.17) is 9.68 Å². The van der Waals surface area contributed by atoms with E-state index in [1.54, 1.807) is 19.2 Å². The molecule has 0 spiro atoms. The monoisotopic (exact) mass is 207 g/mol. The number of amides is 1. The molecule has 0 aliphatic carbocycles. The van der Waals surface area contributed by atoms with Crippen LogP contribution in [0, 0.1) is 11.3 Å². The summed E-state index contributed by atoms with van der Waals surface area (Å²) in [5.41, 5.74) is 0. The number of furan rings is 1. The predicted octanol–water partition coefficient (Wildman–Crippen LogP) is 0.377. The highest BCUT2D eigenvalue weighted by Gasteiger charge is 2.01. The molecule has 0 fully saturated rings. The Kier molecular flexibility index (Phi) is 4.38. The highest BCUT2D eigenvalue weighted by Crippen LogP contribution is 2.05. The highest BCUT2D eigenvalue weighted by atomic mass is 16.3. The van der Waals surface area contributed by atoms with E-state index < -0.39 is 0 Å². The number of hydrogen-bond donors (Lipinski definition) is 2. The molecular formula is C10H13N3O2. The van der Waals surface area contributed by atoms with E-state index in [0.29, 0.717) is 31.0 Å². The van der Waals surface area contributed by atoms with Crippen LogP contribution >= 0.6 is 0 Å². The molecule has 0 unspecified atom stereocenters. The van der Waals surface area contributed by atoms with Gasteiger partial charge in [0, 0.05) is 20.0 Å². The second-order valence-corrected chi connectivity index (χ2v) is 2.98. The van der Waals surface area contributed by atoms with Crippen LogP contribution in [0.4, 0.5) is 0 Å². The first kappa shape index (κ1) is 11.3. The zero-order valence-electron chi connectivity index (χ0n) is 8.54. The van der Waals surface area contributed by atoms with Gasteiger partial charge in [-0.15, -0.1) is 0 Å².